The molecule has 0 aliphatic carbocycles. The summed E-state index contributed by atoms with van der Waals surface area (Å²) in [7, 11) is 0. The highest BCUT2D eigenvalue weighted by Gasteiger charge is 2.25. The Kier molecular flexibility index (Phi) is 9.21. The summed E-state index contributed by atoms with van der Waals surface area (Å²) in [5.41, 5.74) is 5.96. The van der Waals surface area contributed by atoms with E-state index in [-0.39, 0.29) is 24.3 Å². The number of nitrogens with one attached hydrogen (secondary N) is 1. The van der Waals surface area contributed by atoms with Gasteiger partial charge >= 0.3 is 0 Å². The van der Waals surface area contributed by atoms with Gasteiger partial charge in [0.2, 0.25) is 11.8 Å². The maximum Gasteiger partial charge on any atom is 0.240 e. The number of carbonyl (C=O) groups excluding carboxylic acids is 2. The summed E-state index contributed by atoms with van der Waals surface area (Å²) < 4.78 is 0. The first-order valence-corrected chi connectivity index (χ1v) is 7.28. The lowest BCUT2D eigenvalue weighted by Gasteiger charge is -2.27. The predicted molar refractivity (Wildman–Crippen MR) is 77.6 cm³/mol. The minimum absolute atomic E-state index is 0.108. The molecule has 0 fully saturated rings. The van der Waals surface area contributed by atoms with Gasteiger partial charge in [-0.2, -0.15) is 0 Å². The molecule has 0 spiro atoms. The van der Waals surface area contributed by atoms with Crippen LogP contribution in [0.3, 0.4) is 0 Å². The highest BCUT2D eigenvalue weighted by molar-refractivity contribution is 5.87. The van der Waals surface area contributed by atoms with Crippen molar-refractivity contribution in [2.75, 3.05) is 19.6 Å². The van der Waals surface area contributed by atoms with Gasteiger partial charge in [-0.1, -0.05) is 34.1 Å². The number of hydrogen-bond donors (Lipinski definition) is 2. The highest BCUT2D eigenvalue weighted by atomic mass is 16.2. The molecule has 2 amide bonds. The predicted octanol–water partition coefficient (Wildman–Crippen LogP) is 1.12. The van der Waals surface area contributed by atoms with Gasteiger partial charge in [-0.05, 0) is 18.8 Å². The summed E-state index contributed by atoms with van der Waals surface area (Å²) in [4.78, 5) is 25.5. The third kappa shape index (κ3) is 6.57. The molecule has 0 aromatic rings. The van der Waals surface area contributed by atoms with Crippen molar-refractivity contribution < 1.29 is 9.59 Å². The number of nitrogens with zero attached hydrogens (tertiary/aromatic N) is 1. The normalized spacial score (nSPS) is 13.7. The zero-order valence-corrected chi connectivity index (χ0v) is 12.7. The van der Waals surface area contributed by atoms with E-state index < -0.39 is 6.04 Å². The van der Waals surface area contributed by atoms with E-state index in [0.29, 0.717) is 13.1 Å². The molecule has 0 aliphatic heterocycles. The van der Waals surface area contributed by atoms with Gasteiger partial charge in [0.05, 0.1) is 12.6 Å². The molecule has 0 radical (unpaired) electrons. The summed E-state index contributed by atoms with van der Waals surface area (Å²) >= 11 is 0. The fourth-order valence-corrected chi connectivity index (χ4v) is 1.74. The molecule has 112 valence electrons. The van der Waals surface area contributed by atoms with Crippen molar-refractivity contribution in [1.82, 2.24) is 10.2 Å². The van der Waals surface area contributed by atoms with Crippen molar-refractivity contribution in [3.63, 3.8) is 0 Å². The Hall–Kier alpha value is -1.10. The van der Waals surface area contributed by atoms with E-state index in [2.05, 4.69) is 5.32 Å². The minimum Gasteiger partial charge on any atom is -0.355 e. The largest absolute Gasteiger partial charge is 0.355 e. The van der Waals surface area contributed by atoms with Crippen LogP contribution in [0.4, 0.5) is 0 Å². The van der Waals surface area contributed by atoms with E-state index >= 15 is 0 Å². The fourth-order valence-electron chi connectivity index (χ4n) is 1.74. The van der Waals surface area contributed by atoms with Crippen LogP contribution in [-0.4, -0.2) is 42.4 Å². The first-order chi connectivity index (χ1) is 8.97. The van der Waals surface area contributed by atoms with Crippen LogP contribution in [0.5, 0.6) is 0 Å². The topological polar surface area (TPSA) is 75.4 Å². The third-order valence-electron chi connectivity index (χ3n) is 3.25. The van der Waals surface area contributed by atoms with Crippen LogP contribution in [0.15, 0.2) is 0 Å². The Balaban J connectivity index is 4.53. The summed E-state index contributed by atoms with van der Waals surface area (Å²) in [6, 6.07) is -0.518. The molecular weight excluding hydrogens is 242 g/mol. The van der Waals surface area contributed by atoms with Gasteiger partial charge < -0.3 is 16.0 Å². The van der Waals surface area contributed by atoms with Crippen LogP contribution >= 0.6 is 0 Å². The lowest BCUT2D eigenvalue weighted by Crippen LogP contribution is -2.50. The molecule has 0 aromatic carbocycles. The van der Waals surface area contributed by atoms with Crippen LogP contribution in [0, 0.1) is 5.92 Å². The fraction of sp³-hybridized carbons (Fsp3) is 0.857. The van der Waals surface area contributed by atoms with Gasteiger partial charge in [0.1, 0.15) is 0 Å². The van der Waals surface area contributed by atoms with E-state index in [9.17, 15) is 9.59 Å². The van der Waals surface area contributed by atoms with Crippen molar-refractivity contribution in [2.24, 2.45) is 11.7 Å². The summed E-state index contributed by atoms with van der Waals surface area (Å²) in [5.74, 6) is -0.103. The molecule has 3 N–H and O–H groups in total. The molecule has 0 aromatic heterocycles. The van der Waals surface area contributed by atoms with Gasteiger partial charge in [-0.25, -0.2) is 0 Å². The second kappa shape index (κ2) is 9.78. The molecule has 2 atom stereocenters. The van der Waals surface area contributed by atoms with Gasteiger partial charge in [-0.15, -0.1) is 0 Å². The Labute approximate surface area is 116 Å². The number of rotatable bonds is 9. The maximum absolute atomic E-state index is 12.3. The Bertz CT molecular complexity index is 282. The van der Waals surface area contributed by atoms with Crippen LogP contribution in [0.1, 0.15) is 47.0 Å². The van der Waals surface area contributed by atoms with E-state index in [1.165, 1.54) is 0 Å². The molecule has 0 bridgehead atoms. The van der Waals surface area contributed by atoms with Crippen molar-refractivity contribution in [3.05, 3.63) is 0 Å². The molecule has 0 heterocycles. The molecule has 0 unspecified atom stereocenters. The van der Waals surface area contributed by atoms with Crippen molar-refractivity contribution in [1.29, 1.82) is 0 Å². The first-order valence-electron chi connectivity index (χ1n) is 7.28. The van der Waals surface area contributed by atoms with Crippen LogP contribution in [-0.2, 0) is 9.59 Å². The smallest absolute Gasteiger partial charge is 0.240 e. The summed E-state index contributed by atoms with van der Waals surface area (Å²) in [5, 5.41) is 2.78. The molecule has 0 saturated heterocycles. The second-order valence-corrected chi connectivity index (χ2v) is 5.02. The Morgan fingerprint density at radius 3 is 2.32 bits per heavy atom. The monoisotopic (exact) mass is 271 g/mol. The molecule has 0 aliphatic rings. The van der Waals surface area contributed by atoms with Gasteiger partial charge in [0.15, 0.2) is 0 Å². The maximum atomic E-state index is 12.3. The number of carbonyl (C=O) groups is 2. The van der Waals surface area contributed by atoms with Gasteiger partial charge in [-0.3, -0.25) is 9.59 Å². The Morgan fingerprint density at radius 1 is 1.21 bits per heavy atom. The van der Waals surface area contributed by atoms with Crippen molar-refractivity contribution >= 4 is 11.8 Å². The van der Waals surface area contributed by atoms with Crippen molar-refractivity contribution in [2.45, 2.75) is 53.0 Å². The van der Waals surface area contributed by atoms with E-state index in [4.69, 9.17) is 5.73 Å². The number of hydrogen-bond acceptors (Lipinski definition) is 3. The zero-order chi connectivity index (χ0) is 14.8. The molecule has 19 heavy (non-hydrogen) atoms. The second-order valence-electron chi connectivity index (χ2n) is 5.02. The summed E-state index contributed by atoms with van der Waals surface area (Å²) in [6.07, 6.45) is 2.56. The van der Waals surface area contributed by atoms with Crippen LogP contribution in [0.25, 0.3) is 0 Å². The average molecular weight is 271 g/mol. The lowest BCUT2D eigenvalue weighted by atomic mass is 9.99. The van der Waals surface area contributed by atoms with Gasteiger partial charge in [0, 0.05) is 13.1 Å². The number of amides is 2. The average Bonchev–Trinajstić information content (AvgIpc) is 2.42. The van der Waals surface area contributed by atoms with Crippen molar-refractivity contribution in [3.8, 4) is 0 Å². The molecule has 5 heteroatoms. The van der Waals surface area contributed by atoms with E-state index in [1.807, 2.05) is 27.7 Å². The third-order valence-corrected chi connectivity index (χ3v) is 3.25. The quantitative estimate of drug-likeness (QED) is 0.660. The van der Waals surface area contributed by atoms with Crippen LogP contribution in [0.2, 0.25) is 0 Å². The first kappa shape index (κ1) is 17.9. The Morgan fingerprint density at radius 2 is 1.84 bits per heavy atom. The minimum atomic E-state index is -0.518. The highest BCUT2D eigenvalue weighted by Crippen LogP contribution is 2.09. The summed E-state index contributed by atoms with van der Waals surface area (Å²) in [6.45, 7) is 9.27. The molecule has 5 nitrogen and oxygen atoms in total. The molecule has 0 rings (SSSR count). The molecular formula is C14H29N3O2. The van der Waals surface area contributed by atoms with E-state index in [1.54, 1.807) is 4.90 Å². The molecule has 0 saturated carbocycles. The number of nitrogens with two attached hydrogens (primary N) is 1. The lowest BCUT2D eigenvalue weighted by molar-refractivity contribution is -0.138. The van der Waals surface area contributed by atoms with Crippen LogP contribution < -0.4 is 11.1 Å². The van der Waals surface area contributed by atoms with Gasteiger partial charge in [0.25, 0.3) is 0 Å². The standard InChI is InChI=1S/C14H29N3O2/c1-5-8-16-12(18)10-17(9-6-2)14(19)13(15)11(4)7-3/h11,13H,5-10,15H2,1-4H3,(H,16,18)/t11-,13-/m0/s1. The SMILES string of the molecule is CCCNC(=O)CN(CCC)C(=O)[C@@H](N)[C@@H](C)CC. The zero-order valence-electron chi connectivity index (χ0n) is 12.7. The van der Waals surface area contributed by atoms with E-state index in [0.717, 1.165) is 19.3 Å².